The highest BCUT2D eigenvalue weighted by atomic mass is 35.5. The molecule has 7 nitrogen and oxygen atoms in total. The third-order valence-electron chi connectivity index (χ3n) is 4.63. The lowest BCUT2D eigenvalue weighted by Crippen LogP contribution is -2.13. The summed E-state index contributed by atoms with van der Waals surface area (Å²) in [6.07, 6.45) is 0. The number of halogens is 1. The Morgan fingerprint density at radius 1 is 1.09 bits per heavy atom. The van der Waals surface area contributed by atoms with E-state index in [9.17, 15) is 13.2 Å². The number of sulfonamides is 1. The van der Waals surface area contributed by atoms with Gasteiger partial charge >= 0.3 is 0 Å². The smallest absolute Gasteiger partial charge is 0.261 e. The number of benzene rings is 3. The van der Waals surface area contributed by atoms with Crippen LogP contribution in [0.15, 0.2) is 65.6 Å². The minimum atomic E-state index is -3.87. The molecule has 4 aromatic rings. The SMILES string of the molecule is COc1ccc(S(=O)(=O)Nc2cc(C)c3nc(NC(=O)c4ccccc4)sc3c2)cc1Cl. The van der Waals surface area contributed by atoms with Gasteiger partial charge in [0.15, 0.2) is 5.13 Å². The molecule has 0 atom stereocenters. The largest absolute Gasteiger partial charge is 0.495 e. The molecule has 10 heteroatoms. The van der Waals surface area contributed by atoms with Crippen molar-refractivity contribution in [3.63, 3.8) is 0 Å². The highest BCUT2D eigenvalue weighted by Gasteiger charge is 2.18. The molecule has 0 bridgehead atoms. The summed E-state index contributed by atoms with van der Waals surface area (Å²) in [6, 6.07) is 16.4. The lowest BCUT2D eigenvalue weighted by molar-refractivity contribution is 0.102. The molecule has 4 rings (SSSR count). The third-order valence-corrected chi connectivity index (χ3v) is 7.22. The van der Waals surface area contributed by atoms with Crippen molar-refractivity contribution in [1.82, 2.24) is 4.98 Å². The number of carbonyl (C=O) groups excluding carboxylic acids is 1. The zero-order chi connectivity index (χ0) is 22.9. The van der Waals surface area contributed by atoms with Crippen molar-refractivity contribution in [3.8, 4) is 5.75 Å². The van der Waals surface area contributed by atoms with E-state index >= 15 is 0 Å². The highest BCUT2D eigenvalue weighted by Crippen LogP contribution is 2.33. The second-order valence-corrected chi connectivity index (χ2v) is 10.0. The Morgan fingerprint density at radius 3 is 2.53 bits per heavy atom. The molecule has 0 spiro atoms. The fraction of sp³-hybridized carbons (Fsp3) is 0.0909. The molecule has 3 aromatic carbocycles. The lowest BCUT2D eigenvalue weighted by atomic mass is 10.2. The van der Waals surface area contributed by atoms with Crippen LogP contribution in [0.4, 0.5) is 10.8 Å². The van der Waals surface area contributed by atoms with E-state index in [1.54, 1.807) is 36.4 Å². The van der Waals surface area contributed by atoms with Crippen LogP contribution in [0.25, 0.3) is 10.2 Å². The van der Waals surface area contributed by atoms with Gasteiger partial charge in [-0.1, -0.05) is 41.1 Å². The number of anilines is 2. The fourth-order valence-electron chi connectivity index (χ4n) is 3.10. The number of hydrogen-bond donors (Lipinski definition) is 2. The van der Waals surface area contributed by atoms with Gasteiger partial charge in [-0.05, 0) is 55.0 Å². The van der Waals surface area contributed by atoms with E-state index in [0.29, 0.717) is 27.6 Å². The van der Waals surface area contributed by atoms with Gasteiger partial charge < -0.3 is 4.74 Å². The molecule has 2 N–H and O–H groups in total. The molecule has 0 saturated heterocycles. The molecule has 32 heavy (non-hydrogen) atoms. The molecule has 1 aromatic heterocycles. The van der Waals surface area contributed by atoms with Gasteiger partial charge in [0.2, 0.25) is 0 Å². The molecular formula is C22H18ClN3O4S2. The molecule has 0 fully saturated rings. The summed E-state index contributed by atoms with van der Waals surface area (Å²) < 4.78 is 34.0. The maximum Gasteiger partial charge on any atom is 0.261 e. The topological polar surface area (TPSA) is 97.4 Å². The number of ether oxygens (including phenoxy) is 1. The maximum atomic E-state index is 12.8. The Balaban J connectivity index is 1.60. The number of methoxy groups -OCH3 is 1. The average molecular weight is 488 g/mol. The van der Waals surface area contributed by atoms with Gasteiger partial charge in [-0.15, -0.1) is 0 Å². The highest BCUT2D eigenvalue weighted by molar-refractivity contribution is 7.92. The predicted molar refractivity (Wildman–Crippen MR) is 128 cm³/mol. The predicted octanol–water partition coefficient (Wildman–Crippen LogP) is 5.32. The van der Waals surface area contributed by atoms with Crippen molar-refractivity contribution in [2.24, 2.45) is 0 Å². The number of thiazole rings is 1. The summed E-state index contributed by atoms with van der Waals surface area (Å²) in [6.45, 7) is 1.83. The lowest BCUT2D eigenvalue weighted by Gasteiger charge is -2.10. The Hall–Kier alpha value is -3.14. The van der Waals surface area contributed by atoms with Crippen LogP contribution in [0.5, 0.6) is 5.75 Å². The zero-order valence-electron chi connectivity index (χ0n) is 17.0. The minimum absolute atomic E-state index is 0.0150. The first-order chi connectivity index (χ1) is 15.3. The summed E-state index contributed by atoms with van der Waals surface area (Å²) in [5, 5.41) is 3.42. The van der Waals surface area contributed by atoms with Gasteiger partial charge in [0.25, 0.3) is 15.9 Å². The monoisotopic (exact) mass is 487 g/mol. The average Bonchev–Trinajstić information content (AvgIpc) is 3.17. The van der Waals surface area contributed by atoms with Crippen LogP contribution in [-0.2, 0) is 10.0 Å². The Kier molecular flexibility index (Phi) is 6.05. The second-order valence-electron chi connectivity index (χ2n) is 6.88. The molecule has 0 saturated carbocycles. The van der Waals surface area contributed by atoms with Crippen molar-refractivity contribution >= 4 is 59.9 Å². The molecule has 0 aliphatic rings. The summed E-state index contributed by atoms with van der Waals surface area (Å²) in [7, 11) is -2.41. The summed E-state index contributed by atoms with van der Waals surface area (Å²) in [5.41, 5.74) is 2.36. The Labute approximate surface area is 194 Å². The second kappa shape index (κ2) is 8.78. The summed E-state index contributed by atoms with van der Waals surface area (Å²) in [5.74, 6) is 0.122. The van der Waals surface area contributed by atoms with E-state index in [1.165, 1.54) is 36.6 Å². The van der Waals surface area contributed by atoms with Crippen LogP contribution in [-0.4, -0.2) is 26.4 Å². The molecule has 1 amide bonds. The van der Waals surface area contributed by atoms with Crippen LogP contribution in [0.1, 0.15) is 15.9 Å². The molecule has 0 unspecified atom stereocenters. The molecular weight excluding hydrogens is 470 g/mol. The Bertz CT molecular complexity index is 1420. The van der Waals surface area contributed by atoms with Crippen molar-refractivity contribution in [1.29, 1.82) is 0 Å². The number of nitrogens with one attached hydrogen (secondary N) is 2. The van der Waals surface area contributed by atoms with Crippen molar-refractivity contribution < 1.29 is 17.9 Å². The molecule has 0 aliphatic carbocycles. The zero-order valence-corrected chi connectivity index (χ0v) is 19.4. The van der Waals surface area contributed by atoms with Gasteiger partial charge in [0, 0.05) is 5.56 Å². The molecule has 1 heterocycles. The maximum absolute atomic E-state index is 12.8. The van der Waals surface area contributed by atoms with E-state index in [-0.39, 0.29) is 15.8 Å². The minimum Gasteiger partial charge on any atom is -0.495 e. The van der Waals surface area contributed by atoms with Gasteiger partial charge in [-0.2, -0.15) is 0 Å². The first kappa shape index (κ1) is 22.1. The molecule has 0 radical (unpaired) electrons. The van der Waals surface area contributed by atoms with E-state index in [1.807, 2.05) is 13.0 Å². The first-order valence-corrected chi connectivity index (χ1v) is 12.1. The van der Waals surface area contributed by atoms with Gasteiger partial charge in [0.1, 0.15) is 5.75 Å². The quantitative estimate of drug-likeness (QED) is 0.383. The summed E-state index contributed by atoms with van der Waals surface area (Å²) in [4.78, 5) is 16.9. The number of hydrogen-bond acceptors (Lipinski definition) is 6. The van der Waals surface area contributed by atoms with Crippen molar-refractivity contribution in [2.45, 2.75) is 11.8 Å². The van der Waals surface area contributed by atoms with Crippen LogP contribution >= 0.6 is 22.9 Å². The number of carbonyl (C=O) groups is 1. The normalized spacial score (nSPS) is 11.3. The first-order valence-electron chi connectivity index (χ1n) is 9.41. The van der Waals surface area contributed by atoms with E-state index in [0.717, 1.165) is 10.3 Å². The Morgan fingerprint density at radius 2 is 1.84 bits per heavy atom. The number of fused-ring (bicyclic) bond motifs is 1. The van der Waals surface area contributed by atoms with Gasteiger partial charge in [0.05, 0.1) is 32.9 Å². The van der Waals surface area contributed by atoms with Crippen molar-refractivity contribution in [2.75, 3.05) is 17.1 Å². The van der Waals surface area contributed by atoms with Gasteiger partial charge in [-0.3, -0.25) is 14.8 Å². The van der Waals surface area contributed by atoms with E-state index in [4.69, 9.17) is 16.3 Å². The fourth-order valence-corrected chi connectivity index (χ4v) is 5.46. The number of aromatic nitrogens is 1. The number of nitrogens with zero attached hydrogens (tertiary/aromatic N) is 1. The number of rotatable bonds is 6. The molecule has 164 valence electrons. The van der Waals surface area contributed by atoms with Crippen LogP contribution in [0, 0.1) is 6.92 Å². The van der Waals surface area contributed by atoms with E-state index in [2.05, 4.69) is 15.0 Å². The number of aryl methyl sites for hydroxylation is 1. The van der Waals surface area contributed by atoms with Gasteiger partial charge in [-0.25, -0.2) is 13.4 Å². The van der Waals surface area contributed by atoms with Crippen molar-refractivity contribution in [3.05, 3.63) is 76.8 Å². The third kappa shape index (κ3) is 4.55. The van der Waals surface area contributed by atoms with Crippen LogP contribution in [0.3, 0.4) is 0 Å². The standard InChI is InChI=1S/C22H18ClN3O4S2/c1-13-10-15(26-32(28,29)16-8-9-18(30-2)17(23)12-16)11-19-20(13)24-22(31-19)25-21(27)14-6-4-3-5-7-14/h3-12,26H,1-2H3,(H,24,25,27). The van der Waals surface area contributed by atoms with Crippen LogP contribution in [0.2, 0.25) is 5.02 Å². The van der Waals surface area contributed by atoms with Crippen LogP contribution < -0.4 is 14.8 Å². The number of amides is 1. The molecule has 0 aliphatic heterocycles. The van der Waals surface area contributed by atoms with E-state index < -0.39 is 10.0 Å². The summed E-state index contributed by atoms with van der Waals surface area (Å²) >= 11 is 7.33.